The number of hydrogen-bond donors (Lipinski definition) is 1. The van der Waals surface area contributed by atoms with E-state index in [1.165, 1.54) is 23.5 Å². The molecule has 2 aromatic rings. The summed E-state index contributed by atoms with van der Waals surface area (Å²) in [5.41, 5.74) is 3.23. The molecule has 96 valence electrons. The van der Waals surface area contributed by atoms with Gasteiger partial charge in [-0.25, -0.2) is 9.97 Å². The van der Waals surface area contributed by atoms with E-state index in [2.05, 4.69) is 15.3 Å². The summed E-state index contributed by atoms with van der Waals surface area (Å²) in [4.78, 5) is 20.0. The monoisotopic (exact) mass is 273 g/mol. The molecule has 3 rings (SSSR count). The summed E-state index contributed by atoms with van der Waals surface area (Å²) in [5, 5.41) is 2.86. The largest absolute Gasteiger partial charge is 0.304 e. The molecular weight excluding hydrogens is 262 g/mol. The molecular formula is C14H12ClN3O. The van der Waals surface area contributed by atoms with Crippen molar-refractivity contribution in [1.82, 2.24) is 9.97 Å². The fraction of sp³-hybridized carbons (Fsp3) is 0.214. The average molecular weight is 274 g/mol. The second kappa shape index (κ2) is 4.97. The number of carbonyl (C=O) groups excluding carboxylic acids is 1. The standard InChI is InChI=1S/C14H12ClN3O/c15-12-13(17-7-6-16-12)18-14(19)11-5-4-9-2-1-3-10(9)8-11/h4-8H,1-3H2,(H,17,18,19). The summed E-state index contributed by atoms with van der Waals surface area (Å²) >= 11 is 5.86. The highest BCUT2D eigenvalue weighted by atomic mass is 35.5. The molecule has 4 nitrogen and oxygen atoms in total. The van der Waals surface area contributed by atoms with Gasteiger partial charge >= 0.3 is 0 Å². The van der Waals surface area contributed by atoms with E-state index in [1.807, 2.05) is 18.2 Å². The summed E-state index contributed by atoms with van der Waals surface area (Å²) in [5.74, 6) is 0.0757. The SMILES string of the molecule is O=C(Nc1nccnc1Cl)c1ccc2c(c1)CCC2. The summed E-state index contributed by atoms with van der Waals surface area (Å²) < 4.78 is 0. The van der Waals surface area contributed by atoms with E-state index in [0.717, 1.165) is 19.3 Å². The van der Waals surface area contributed by atoms with E-state index in [9.17, 15) is 4.79 Å². The third-order valence-corrected chi connectivity index (χ3v) is 3.52. The number of halogens is 1. The molecule has 0 saturated heterocycles. The Balaban J connectivity index is 1.83. The number of aryl methyl sites for hydroxylation is 2. The number of benzene rings is 1. The van der Waals surface area contributed by atoms with Gasteiger partial charge in [0.15, 0.2) is 11.0 Å². The van der Waals surface area contributed by atoms with Crippen molar-refractivity contribution < 1.29 is 4.79 Å². The van der Waals surface area contributed by atoms with Crippen LogP contribution in [0.2, 0.25) is 5.15 Å². The van der Waals surface area contributed by atoms with Crippen LogP contribution < -0.4 is 5.32 Å². The molecule has 0 radical (unpaired) electrons. The first-order valence-corrected chi connectivity index (χ1v) is 6.51. The third kappa shape index (κ3) is 2.44. The van der Waals surface area contributed by atoms with Crippen LogP contribution in [0.3, 0.4) is 0 Å². The highest BCUT2D eigenvalue weighted by molar-refractivity contribution is 6.32. The molecule has 0 saturated carbocycles. The number of rotatable bonds is 2. The Kier molecular flexibility index (Phi) is 3.17. The number of aromatic nitrogens is 2. The molecule has 1 amide bonds. The van der Waals surface area contributed by atoms with Crippen molar-refractivity contribution in [3.63, 3.8) is 0 Å². The number of anilines is 1. The normalized spacial score (nSPS) is 13.1. The molecule has 1 aliphatic carbocycles. The fourth-order valence-corrected chi connectivity index (χ4v) is 2.45. The van der Waals surface area contributed by atoms with Gasteiger partial charge in [-0.2, -0.15) is 0 Å². The van der Waals surface area contributed by atoms with Gasteiger partial charge in [0, 0.05) is 18.0 Å². The number of carbonyl (C=O) groups is 1. The average Bonchev–Trinajstić information content (AvgIpc) is 2.88. The molecule has 5 heteroatoms. The van der Waals surface area contributed by atoms with E-state index in [0.29, 0.717) is 5.56 Å². The van der Waals surface area contributed by atoms with Gasteiger partial charge < -0.3 is 5.32 Å². The van der Waals surface area contributed by atoms with Gasteiger partial charge in [0.1, 0.15) is 0 Å². The zero-order chi connectivity index (χ0) is 13.2. The van der Waals surface area contributed by atoms with Crippen LogP contribution >= 0.6 is 11.6 Å². The Morgan fingerprint density at radius 1 is 1.16 bits per heavy atom. The molecule has 0 atom stereocenters. The first kappa shape index (κ1) is 12.1. The molecule has 0 fully saturated rings. The molecule has 0 unspecified atom stereocenters. The maximum atomic E-state index is 12.1. The van der Waals surface area contributed by atoms with Crippen molar-refractivity contribution in [3.8, 4) is 0 Å². The van der Waals surface area contributed by atoms with Gasteiger partial charge in [0.2, 0.25) is 0 Å². The zero-order valence-electron chi connectivity index (χ0n) is 10.2. The van der Waals surface area contributed by atoms with E-state index in [1.54, 1.807) is 0 Å². The van der Waals surface area contributed by atoms with Crippen molar-refractivity contribution in [1.29, 1.82) is 0 Å². The van der Waals surface area contributed by atoms with Gasteiger partial charge in [-0.15, -0.1) is 0 Å². The predicted molar refractivity (Wildman–Crippen MR) is 73.5 cm³/mol. The number of nitrogens with one attached hydrogen (secondary N) is 1. The van der Waals surface area contributed by atoms with Crippen LogP contribution in [0, 0.1) is 0 Å². The van der Waals surface area contributed by atoms with E-state index < -0.39 is 0 Å². The van der Waals surface area contributed by atoms with Crippen LogP contribution in [-0.2, 0) is 12.8 Å². The molecule has 1 aromatic heterocycles. The third-order valence-electron chi connectivity index (χ3n) is 3.25. The molecule has 19 heavy (non-hydrogen) atoms. The number of hydrogen-bond acceptors (Lipinski definition) is 3. The number of amides is 1. The summed E-state index contributed by atoms with van der Waals surface area (Å²) in [7, 11) is 0. The van der Waals surface area contributed by atoms with Gasteiger partial charge in [0.25, 0.3) is 5.91 Å². The van der Waals surface area contributed by atoms with Crippen LogP contribution in [0.25, 0.3) is 0 Å². The van der Waals surface area contributed by atoms with E-state index in [-0.39, 0.29) is 16.9 Å². The van der Waals surface area contributed by atoms with Crippen LogP contribution in [0.4, 0.5) is 5.82 Å². The molecule has 1 aromatic carbocycles. The number of fused-ring (bicyclic) bond motifs is 1. The summed E-state index contributed by atoms with van der Waals surface area (Å²) in [6.45, 7) is 0. The maximum absolute atomic E-state index is 12.1. The lowest BCUT2D eigenvalue weighted by Gasteiger charge is -2.07. The molecule has 0 bridgehead atoms. The molecule has 0 aliphatic heterocycles. The van der Waals surface area contributed by atoms with Gasteiger partial charge in [-0.05, 0) is 42.5 Å². The summed E-state index contributed by atoms with van der Waals surface area (Å²) in [6.07, 6.45) is 6.28. The van der Waals surface area contributed by atoms with Crippen molar-refractivity contribution in [2.75, 3.05) is 5.32 Å². The molecule has 1 N–H and O–H groups in total. The highest BCUT2D eigenvalue weighted by Crippen LogP contribution is 2.23. The Hall–Kier alpha value is -1.94. The Morgan fingerprint density at radius 2 is 1.95 bits per heavy atom. The van der Waals surface area contributed by atoms with Crippen LogP contribution in [0.1, 0.15) is 27.9 Å². The summed E-state index contributed by atoms with van der Waals surface area (Å²) in [6, 6.07) is 5.81. The zero-order valence-corrected chi connectivity index (χ0v) is 10.9. The topological polar surface area (TPSA) is 54.9 Å². The van der Waals surface area contributed by atoms with Crippen LogP contribution in [0.5, 0.6) is 0 Å². The number of nitrogens with zero attached hydrogens (tertiary/aromatic N) is 2. The van der Waals surface area contributed by atoms with Gasteiger partial charge in [-0.1, -0.05) is 17.7 Å². The van der Waals surface area contributed by atoms with Gasteiger partial charge in [0.05, 0.1) is 0 Å². The maximum Gasteiger partial charge on any atom is 0.256 e. The van der Waals surface area contributed by atoms with Crippen molar-refractivity contribution in [2.24, 2.45) is 0 Å². The second-order valence-corrected chi connectivity index (χ2v) is 4.84. The Morgan fingerprint density at radius 3 is 2.79 bits per heavy atom. The Bertz CT molecular complexity index is 642. The Labute approximate surface area is 115 Å². The quantitative estimate of drug-likeness (QED) is 0.915. The lowest BCUT2D eigenvalue weighted by atomic mass is 10.1. The van der Waals surface area contributed by atoms with Crippen LogP contribution in [-0.4, -0.2) is 15.9 Å². The lowest BCUT2D eigenvalue weighted by Crippen LogP contribution is -2.14. The minimum atomic E-state index is -0.211. The molecule has 1 aliphatic rings. The molecule has 1 heterocycles. The first-order valence-electron chi connectivity index (χ1n) is 6.14. The predicted octanol–water partition coefficient (Wildman–Crippen LogP) is 2.87. The van der Waals surface area contributed by atoms with E-state index in [4.69, 9.17) is 11.6 Å². The van der Waals surface area contributed by atoms with Gasteiger partial charge in [-0.3, -0.25) is 4.79 Å². The van der Waals surface area contributed by atoms with Crippen molar-refractivity contribution >= 4 is 23.3 Å². The minimum Gasteiger partial charge on any atom is -0.304 e. The molecule has 0 spiro atoms. The minimum absolute atomic E-state index is 0.192. The second-order valence-electron chi connectivity index (χ2n) is 4.49. The lowest BCUT2D eigenvalue weighted by molar-refractivity contribution is 0.102. The highest BCUT2D eigenvalue weighted by Gasteiger charge is 2.15. The van der Waals surface area contributed by atoms with Crippen LogP contribution in [0.15, 0.2) is 30.6 Å². The van der Waals surface area contributed by atoms with E-state index >= 15 is 0 Å². The van der Waals surface area contributed by atoms with Crippen molar-refractivity contribution in [3.05, 3.63) is 52.4 Å². The fourth-order valence-electron chi connectivity index (χ4n) is 2.30. The first-order chi connectivity index (χ1) is 9.24. The smallest absolute Gasteiger partial charge is 0.256 e. The van der Waals surface area contributed by atoms with Crippen molar-refractivity contribution in [2.45, 2.75) is 19.3 Å².